The molecule has 0 saturated heterocycles. The van der Waals surface area contributed by atoms with Crippen molar-refractivity contribution < 1.29 is 17.5 Å². The van der Waals surface area contributed by atoms with Crippen LogP contribution in [0.4, 0.5) is 10.1 Å². The molecule has 1 aromatic carbocycles. The highest BCUT2D eigenvalue weighted by Gasteiger charge is 2.25. The van der Waals surface area contributed by atoms with Gasteiger partial charge in [0.15, 0.2) is 5.65 Å². The third kappa shape index (κ3) is 3.67. The first kappa shape index (κ1) is 18.6. The lowest BCUT2D eigenvalue weighted by Gasteiger charge is -2.09. The molecule has 0 aliphatic heterocycles. The van der Waals surface area contributed by atoms with Gasteiger partial charge in [0, 0.05) is 6.07 Å². The van der Waals surface area contributed by atoms with Crippen molar-refractivity contribution in [2.45, 2.75) is 25.1 Å². The maximum absolute atomic E-state index is 13.6. The number of hydrogen-bond donors (Lipinski definition) is 1. The van der Waals surface area contributed by atoms with Crippen molar-refractivity contribution in [2.24, 2.45) is 0 Å². The van der Waals surface area contributed by atoms with Crippen LogP contribution in [0, 0.1) is 5.95 Å². The lowest BCUT2D eigenvalue weighted by Crippen LogP contribution is -2.16. The van der Waals surface area contributed by atoms with E-state index in [0.717, 1.165) is 10.6 Å². The molecule has 0 radical (unpaired) electrons. The molecule has 0 unspecified atom stereocenters. The molecule has 2 heterocycles. The Morgan fingerprint density at radius 3 is 2.50 bits per heavy atom. The van der Waals surface area contributed by atoms with Gasteiger partial charge >= 0.3 is 6.01 Å². The summed E-state index contributed by atoms with van der Waals surface area (Å²) in [5, 5.41) is 3.43. The van der Waals surface area contributed by atoms with Crippen molar-refractivity contribution in [3.8, 4) is 6.01 Å². The summed E-state index contributed by atoms with van der Waals surface area (Å²) in [7, 11) is -4.25. The van der Waals surface area contributed by atoms with Gasteiger partial charge in [-0.15, -0.1) is 5.10 Å². The van der Waals surface area contributed by atoms with E-state index in [2.05, 4.69) is 19.8 Å². The van der Waals surface area contributed by atoms with Crippen molar-refractivity contribution in [3.05, 3.63) is 40.3 Å². The molecule has 3 aromatic rings. The summed E-state index contributed by atoms with van der Waals surface area (Å²) in [5.41, 5.74) is -0.101. The standard InChI is InChI=1S/C14H12Cl2FN5O3S/c1-7(2)25-14-18-10(17)6-11-19-13(20-22(11)14)26(23,24)21-12-8(15)4-3-5-9(12)16/h3-7,21H,1-2H3. The van der Waals surface area contributed by atoms with Gasteiger partial charge in [-0.05, 0) is 26.0 Å². The second kappa shape index (κ2) is 6.86. The molecule has 2 aromatic heterocycles. The van der Waals surface area contributed by atoms with E-state index in [9.17, 15) is 12.8 Å². The molecule has 0 saturated carbocycles. The average molecular weight is 420 g/mol. The Labute approximate surface area is 158 Å². The minimum Gasteiger partial charge on any atom is -0.461 e. The van der Waals surface area contributed by atoms with Crippen LogP contribution >= 0.6 is 23.2 Å². The summed E-state index contributed by atoms with van der Waals surface area (Å²) >= 11 is 11.9. The second-order valence-corrected chi connectivity index (χ2v) is 7.79. The summed E-state index contributed by atoms with van der Waals surface area (Å²) < 4.78 is 47.3. The van der Waals surface area contributed by atoms with Gasteiger partial charge in [0.1, 0.15) is 0 Å². The van der Waals surface area contributed by atoms with Crippen LogP contribution in [0.1, 0.15) is 13.8 Å². The van der Waals surface area contributed by atoms with Gasteiger partial charge in [0.25, 0.3) is 15.2 Å². The minimum atomic E-state index is -4.25. The Kier molecular flexibility index (Phi) is 4.91. The smallest absolute Gasteiger partial charge is 0.322 e. The largest absolute Gasteiger partial charge is 0.461 e. The zero-order valence-corrected chi connectivity index (χ0v) is 15.8. The first-order valence-electron chi connectivity index (χ1n) is 7.24. The molecule has 0 aliphatic carbocycles. The number of halogens is 3. The van der Waals surface area contributed by atoms with Crippen molar-refractivity contribution in [2.75, 3.05) is 4.72 Å². The van der Waals surface area contributed by atoms with Gasteiger partial charge in [-0.25, -0.2) is 0 Å². The van der Waals surface area contributed by atoms with E-state index in [1.165, 1.54) is 12.1 Å². The Bertz CT molecular complexity index is 1070. The zero-order valence-electron chi connectivity index (χ0n) is 13.4. The number of aromatic nitrogens is 4. The Hall–Kier alpha value is -2.17. The fourth-order valence-corrected chi connectivity index (χ4v) is 3.58. The van der Waals surface area contributed by atoms with E-state index < -0.39 is 21.1 Å². The van der Waals surface area contributed by atoms with Gasteiger partial charge in [0.05, 0.1) is 21.8 Å². The highest BCUT2D eigenvalue weighted by molar-refractivity contribution is 7.92. The minimum absolute atomic E-state index is 0.0161. The normalized spacial score (nSPS) is 11.9. The number of ether oxygens (including phenoxy) is 1. The van der Waals surface area contributed by atoms with Crippen molar-refractivity contribution in [1.29, 1.82) is 0 Å². The predicted molar refractivity (Wildman–Crippen MR) is 93.8 cm³/mol. The molecule has 12 heteroatoms. The lowest BCUT2D eigenvalue weighted by atomic mass is 10.3. The van der Waals surface area contributed by atoms with Crippen LogP contribution in [0.3, 0.4) is 0 Å². The third-order valence-electron chi connectivity index (χ3n) is 3.03. The molecule has 138 valence electrons. The summed E-state index contributed by atoms with van der Waals surface area (Å²) in [6.45, 7) is 3.40. The number of nitrogens with zero attached hydrogens (tertiary/aromatic N) is 4. The molecule has 0 spiro atoms. The van der Waals surface area contributed by atoms with E-state index >= 15 is 0 Å². The third-order valence-corrected chi connectivity index (χ3v) is 4.78. The molecule has 3 rings (SSSR count). The van der Waals surface area contributed by atoms with E-state index in [1.807, 2.05) is 0 Å². The Balaban J connectivity index is 2.07. The molecule has 8 nitrogen and oxygen atoms in total. The van der Waals surface area contributed by atoms with Crippen LogP contribution in [0.5, 0.6) is 6.01 Å². The van der Waals surface area contributed by atoms with Crippen LogP contribution in [-0.2, 0) is 10.0 Å². The van der Waals surface area contributed by atoms with Gasteiger partial charge in [-0.3, -0.25) is 4.72 Å². The number of rotatable bonds is 5. The zero-order chi connectivity index (χ0) is 19.1. The quantitative estimate of drug-likeness (QED) is 0.637. The Morgan fingerprint density at radius 1 is 1.23 bits per heavy atom. The molecule has 0 bridgehead atoms. The van der Waals surface area contributed by atoms with Gasteiger partial charge < -0.3 is 4.74 Å². The number of sulfonamides is 1. The molecular formula is C14H12Cl2FN5O3S. The maximum atomic E-state index is 13.6. The number of para-hydroxylation sites is 1. The predicted octanol–water partition coefficient (Wildman–Crippen LogP) is 3.16. The van der Waals surface area contributed by atoms with Crippen LogP contribution in [0.2, 0.25) is 10.0 Å². The molecule has 0 aliphatic rings. The van der Waals surface area contributed by atoms with Crippen molar-refractivity contribution in [3.63, 3.8) is 0 Å². The topological polar surface area (TPSA) is 98.5 Å². The van der Waals surface area contributed by atoms with Gasteiger partial charge in [0.2, 0.25) is 5.95 Å². The van der Waals surface area contributed by atoms with E-state index in [1.54, 1.807) is 19.9 Å². The number of benzene rings is 1. The van der Waals surface area contributed by atoms with Crippen molar-refractivity contribution in [1.82, 2.24) is 19.6 Å². The SMILES string of the molecule is CC(C)Oc1nc(F)cc2nc(S(=O)(=O)Nc3c(Cl)cccc3Cl)nn12. The van der Waals surface area contributed by atoms with Crippen LogP contribution in [-0.4, -0.2) is 34.1 Å². The van der Waals surface area contributed by atoms with Crippen LogP contribution in [0.25, 0.3) is 5.65 Å². The van der Waals surface area contributed by atoms with Crippen molar-refractivity contribution >= 4 is 44.6 Å². The number of nitrogens with one attached hydrogen (secondary N) is 1. The fraction of sp³-hybridized carbons (Fsp3) is 0.214. The van der Waals surface area contributed by atoms with E-state index in [-0.39, 0.29) is 33.5 Å². The van der Waals surface area contributed by atoms with Crippen LogP contribution < -0.4 is 9.46 Å². The van der Waals surface area contributed by atoms with Gasteiger partial charge in [-0.2, -0.15) is 27.3 Å². The monoisotopic (exact) mass is 419 g/mol. The van der Waals surface area contributed by atoms with E-state index in [4.69, 9.17) is 27.9 Å². The first-order chi connectivity index (χ1) is 12.2. The maximum Gasteiger partial charge on any atom is 0.322 e. The number of hydrogen-bond acceptors (Lipinski definition) is 6. The molecular weight excluding hydrogens is 408 g/mol. The number of fused-ring (bicyclic) bond motifs is 1. The molecule has 0 fully saturated rings. The first-order valence-corrected chi connectivity index (χ1v) is 9.48. The second-order valence-electron chi connectivity index (χ2n) is 5.39. The summed E-state index contributed by atoms with van der Waals surface area (Å²) in [6, 6.07) is 5.21. The molecule has 26 heavy (non-hydrogen) atoms. The molecule has 0 amide bonds. The highest BCUT2D eigenvalue weighted by Crippen LogP contribution is 2.31. The van der Waals surface area contributed by atoms with E-state index in [0.29, 0.717) is 0 Å². The summed E-state index contributed by atoms with van der Waals surface area (Å²) in [6.07, 6.45) is -0.336. The highest BCUT2D eigenvalue weighted by atomic mass is 35.5. The summed E-state index contributed by atoms with van der Waals surface area (Å²) in [4.78, 5) is 7.39. The van der Waals surface area contributed by atoms with Crippen LogP contribution in [0.15, 0.2) is 29.4 Å². The molecule has 0 atom stereocenters. The Morgan fingerprint density at radius 2 is 1.88 bits per heavy atom. The summed E-state index contributed by atoms with van der Waals surface area (Å²) in [5.74, 6) is -0.883. The average Bonchev–Trinajstić information content (AvgIpc) is 2.95. The number of anilines is 1. The molecule has 1 N–H and O–H groups in total. The fourth-order valence-electron chi connectivity index (χ4n) is 1.99. The van der Waals surface area contributed by atoms with Gasteiger partial charge in [-0.1, -0.05) is 29.3 Å². The lowest BCUT2D eigenvalue weighted by molar-refractivity contribution is 0.212.